The summed E-state index contributed by atoms with van der Waals surface area (Å²) >= 11 is 0. The van der Waals surface area contributed by atoms with Crippen LogP contribution in [0.2, 0.25) is 0 Å². The molecule has 0 bridgehead atoms. The molecule has 2 atom stereocenters. The van der Waals surface area contributed by atoms with Gasteiger partial charge in [0.25, 0.3) is 0 Å². The van der Waals surface area contributed by atoms with Crippen molar-refractivity contribution in [2.24, 2.45) is 0 Å². The fourth-order valence-corrected chi connectivity index (χ4v) is 7.55. The second-order valence-corrected chi connectivity index (χ2v) is 17.5. The zero-order chi connectivity index (χ0) is 43.7. The lowest BCUT2D eigenvalue weighted by atomic mass is 10.0. The molecule has 0 aromatic rings. The van der Waals surface area contributed by atoms with Crippen molar-refractivity contribution >= 4 is 11.9 Å². The Balaban J connectivity index is 3.50. The van der Waals surface area contributed by atoms with Crippen LogP contribution in [0.5, 0.6) is 0 Å². The molecule has 0 saturated heterocycles. The van der Waals surface area contributed by atoms with Crippen LogP contribution in [0.1, 0.15) is 258 Å². The highest BCUT2D eigenvalue weighted by atomic mass is 16.5. The van der Waals surface area contributed by atoms with E-state index in [2.05, 4.69) is 55.6 Å². The third-order valence-corrected chi connectivity index (χ3v) is 11.5. The van der Waals surface area contributed by atoms with Gasteiger partial charge in [-0.1, -0.05) is 210 Å². The van der Waals surface area contributed by atoms with E-state index in [0.717, 1.165) is 70.6 Å². The summed E-state index contributed by atoms with van der Waals surface area (Å²) in [6.45, 7) is 4.79. The van der Waals surface area contributed by atoms with E-state index in [0.29, 0.717) is 19.4 Å². The number of allylic oxidation sites excluding steroid dienone is 7. The first kappa shape index (κ1) is 57.8. The van der Waals surface area contributed by atoms with Gasteiger partial charge in [0.05, 0.1) is 25.4 Å². The average Bonchev–Trinajstić information content (AvgIpc) is 3.25. The van der Waals surface area contributed by atoms with Gasteiger partial charge in [-0.05, 0) is 83.5 Å². The molecular weight excluding hydrogens is 743 g/mol. The third-order valence-electron chi connectivity index (χ3n) is 11.5. The van der Waals surface area contributed by atoms with Gasteiger partial charge >= 0.3 is 5.97 Å². The summed E-state index contributed by atoms with van der Waals surface area (Å²) in [7, 11) is 0. The van der Waals surface area contributed by atoms with E-state index in [1.54, 1.807) is 6.08 Å². The highest BCUT2D eigenvalue weighted by molar-refractivity contribution is 5.76. The third kappa shape index (κ3) is 45.3. The quantitative estimate of drug-likeness (QED) is 0.0322. The Bertz CT molecular complexity index is 1020. The number of nitrogens with one attached hydrogen (secondary N) is 1. The highest BCUT2D eigenvalue weighted by Crippen LogP contribution is 2.14. The van der Waals surface area contributed by atoms with Crippen molar-refractivity contribution in [3.8, 4) is 0 Å². The van der Waals surface area contributed by atoms with E-state index in [1.807, 2.05) is 6.08 Å². The summed E-state index contributed by atoms with van der Waals surface area (Å²) in [4.78, 5) is 24.4. The second-order valence-electron chi connectivity index (χ2n) is 17.5. The molecule has 6 heteroatoms. The maximum absolute atomic E-state index is 12.4. The maximum Gasteiger partial charge on any atom is 0.305 e. The van der Waals surface area contributed by atoms with Gasteiger partial charge in [0.15, 0.2) is 0 Å². The molecule has 1 amide bonds. The lowest BCUT2D eigenvalue weighted by Crippen LogP contribution is -2.45. The number of carbonyl (C=O) groups excluding carboxylic acids is 2. The highest BCUT2D eigenvalue weighted by Gasteiger charge is 2.18. The molecule has 0 saturated carbocycles. The van der Waals surface area contributed by atoms with Crippen molar-refractivity contribution in [2.75, 3.05) is 13.2 Å². The molecule has 0 aromatic carbocycles. The molecule has 350 valence electrons. The Morgan fingerprint density at radius 1 is 0.467 bits per heavy atom. The Labute approximate surface area is 372 Å². The van der Waals surface area contributed by atoms with Gasteiger partial charge < -0.3 is 20.3 Å². The number of hydrogen-bond acceptors (Lipinski definition) is 5. The summed E-state index contributed by atoms with van der Waals surface area (Å²) in [6.07, 6.45) is 61.1. The molecule has 0 aliphatic rings. The first-order chi connectivity index (χ1) is 29.5. The minimum Gasteiger partial charge on any atom is -0.466 e. The molecule has 0 radical (unpaired) electrons. The van der Waals surface area contributed by atoms with Gasteiger partial charge in [-0.2, -0.15) is 0 Å². The van der Waals surface area contributed by atoms with E-state index in [9.17, 15) is 19.8 Å². The lowest BCUT2D eigenvalue weighted by Gasteiger charge is -2.20. The minimum atomic E-state index is -0.852. The largest absolute Gasteiger partial charge is 0.466 e. The van der Waals surface area contributed by atoms with Crippen LogP contribution in [-0.4, -0.2) is 47.4 Å². The van der Waals surface area contributed by atoms with Crippen LogP contribution in [0.15, 0.2) is 48.6 Å². The number of amides is 1. The van der Waals surface area contributed by atoms with Gasteiger partial charge in [0, 0.05) is 12.8 Å². The Morgan fingerprint density at radius 3 is 1.35 bits per heavy atom. The topological polar surface area (TPSA) is 95.9 Å². The maximum atomic E-state index is 12.4. The number of aliphatic hydroxyl groups excluding tert-OH is 2. The zero-order valence-corrected chi connectivity index (χ0v) is 39.7. The van der Waals surface area contributed by atoms with Gasteiger partial charge in [0.2, 0.25) is 5.91 Å². The molecule has 0 heterocycles. The molecule has 0 aromatic heterocycles. The number of ether oxygens (including phenoxy) is 1. The van der Waals surface area contributed by atoms with E-state index < -0.39 is 12.1 Å². The normalized spacial score (nSPS) is 13.1. The van der Waals surface area contributed by atoms with Crippen LogP contribution >= 0.6 is 0 Å². The van der Waals surface area contributed by atoms with Gasteiger partial charge in [-0.15, -0.1) is 0 Å². The van der Waals surface area contributed by atoms with Crippen molar-refractivity contribution in [1.82, 2.24) is 5.32 Å². The number of rotatable bonds is 47. The molecule has 6 nitrogen and oxygen atoms in total. The van der Waals surface area contributed by atoms with Crippen molar-refractivity contribution in [3.63, 3.8) is 0 Å². The van der Waals surface area contributed by atoms with Crippen LogP contribution in [0.3, 0.4) is 0 Å². The van der Waals surface area contributed by atoms with Crippen molar-refractivity contribution in [1.29, 1.82) is 0 Å². The molecule has 2 unspecified atom stereocenters. The van der Waals surface area contributed by atoms with Crippen LogP contribution in [0, 0.1) is 0 Å². The summed E-state index contributed by atoms with van der Waals surface area (Å²) < 4.78 is 5.44. The van der Waals surface area contributed by atoms with E-state index >= 15 is 0 Å². The summed E-state index contributed by atoms with van der Waals surface area (Å²) in [6, 6.07) is -0.637. The first-order valence-electron chi connectivity index (χ1n) is 25.9. The Hall–Kier alpha value is -2.18. The van der Waals surface area contributed by atoms with E-state index in [4.69, 9.17) is 4.74 Å². The van der Waals surface area contributed by atoms with Crippen LogP contribution in [0.25, 0.3) is 0 Å². The standard InChI is InChI=1S/C54H99NO5/c1-3-5-7-9-11-13-15-22-26-30-34-38-42-46-52(57)51(50-56)55-53(58)47-43-39-35-31-27-24-20-18-17-19-21-25-29-33-37-41-45-49-60-54(59)48-44-40-36-32-28-23-16-14-12-10-8-6-4-2/h8,10,14,16-17,19,42,46,51-52,56-57H,3-7,9,11-13,15,18,20-41,43-45,47-50H2,1-2H3,(H,55,58)/b10-8-,16-14-,19-17-,46-42+. The minimum absolute atomic E-state index is 0.0191. The van der Waals surface area contributed by atoms with E-state index in [-0.39, 0.29) is 18.5 Å². The number of unbranched alkanes of at least 4 members (excludes halogenated alkanes) is 30. The molecule has 0 fully saturated rings. The van der Waals surface area contributed by atoms with Crippen LogP contribution in [-0.2, 0) is 14.3 Å². The fourth-order valence-electron chi connectivity index (χ4n) is 7.55. The predicted molar refractivity (Wildman–Crippen MR) is 259 cm³/mol. The lowest BCUT2D eigenvalue weighted by molar-refractivity contribution is -0.143. The summed E-state index contributed by atoms with van der Waals surface area (Å²) in [5, 5.41) is 23.0. The molecule has 0 aliphatic carbocycles. The molecule has 0 spiro atoms. The monoisotopic (exact) mass is 842 g/mol. The summed E-state index contributed by atoms with van der Waals surface area (Å²) in [5.41, 5.74) is 0. The van der Waals surface area contributed by atoms with Crippen LogP contribution < -0.4 is 5.32 Å². The van der Waals surface area contributed by atoms with Crippen molar-refractivity contribution in [3.05, 3.63) is 48.6 Å². The van der Waals surface area contributed by atoms with Gasteiger partial charge in [0.1, 0.15) is 0 Å². The zero-order valence-electron chi connectivity index (χ0n) is 39.7. The summed E-state index contributed by atoms with van der Waals surface area (Å²) in [5.74, 6) is -0.101. The molecule has 0 aliphatic heterocycles. The Morgan fingerprint density at radius 2 is 0.867 bits per heavy atom. The van der Waals surface area contributed by atoms with Crippen molar-refractivity contribution < 1.29 is 24.5 Å². The van der Waals surface area contributed by atoms with Gasteiger partial charge in [-0.25, -0.2) is 0 Å². The number of esters is 1. The molecule has 0 rings (SSSR count). The molecular formula is C54H99NO5. The average molecular weight is 842 g/mol. The van der Waals surface area contributed by atoms with Gasteiger partial charge in [-0.3, -0.25) is 9.59 Å². The fraction of sp³-hybridized carbons (Fsp3) is 0.815. The number of aliphatic hydroxyl groups is 2. The van der Waals surface area contributed by atoms with E-state index in [1.165, 1.54) is 161 Å². The smallest absolute Gasteiger partial charge is 0.305 e. The Kier molecular flexibility index (Phi) is 47.7. The number of hydrogen-bond donors (Lipinski definition) is 3. The molecule has 3 N–H and O–H groups in total. The number of carbonyl (C=O) groups is 2. The van der Waals surface area contributed by atoms with Crippen molar-refractivity contribution in [2.45, 2.75) is 270 Å². The second kappa shape index (κ2) is 49.5. The first-order valence-corrected chi connectivity index (χ1v) is 25.9. The van der Waals surface area contributed by atoms with Crippen LogP contribution in [0.4, 0.5) is 0 Å². The molecule has 60 heavy (non-hydrogen) atoms. The SMILES string of the molecule is CCC/C=C\C/C=C\CCCCCCCC(=O)OCCCCCCCC/C=C\CCCCCCCCCC(=O)NC(CO)C(O)/C=C/CCCCCCCCCCCCC. The predicted octanol–water partition coefficient (Wildman–Crippen LogP) is 15.5.